The highest BCUT2D eigenvalue weighted by Gasteiger charge is 2.15. The molecule has 0 aliphatic rings. The van der Waals surface area contributed by atoms with Crippen LogP contribution in [0.1, 0.15) is 30.7 Å². The van der Waals surface area contributed by atoms with Crippen LogP contribution >= 0.6 is 11.3 Å². The summed E-state index contributed by atoms with van der Waals surface area (Å²) < 4.78 is 6.63. The number of anilines is 1. The Bertz CT molecular complexity index is 910. The topological polar surface area (TPSA) is 105 Å². The maximum absolute atomic E-state index is 12.1. The summed E-state index contributed by atoms with van der Waals surface area (Å²) >= 11 is 1.08. The Balaban J connectivity index is 1.56. The van der Waals surface area contributed by atoms with E-state index < -0.39 is 17.7 Å². The lowest BCUT2D eigenvalue weighted by Crippen LogP contribution is -2.41. The second-order valence-electron chi connectivity index (χ2n) is 5.01. The lowest BCUT2D eigenvalue weighted by molar-refractivity contribution is 0.0844. The van der Waals surface area contributed by atoms with E-state index in [4.69, 9.17) is 4.42 Å². The third-order valence-electron chi connectivity index (χ3n) is 3.28. The zero-order valence-corrected chi connectivity index (χ0v) is 13.9. The number of carbonyl (C=O) groups is 3. The van der Waals surface area contributed by atoms with Crippen molar-refractivity contribution in [3.8, 4) is 0 Å². The van der Waals surface area contributed by atoms with Crippen molar-refractivity contribution >= 4 is 34.1 Å². The van der Waals surface area contributed by atoms with E-state index in [0.29, 0.717) is 15.6 Å². The summed E-state index contributed by atoms with van der Waals surface area (Å²) in [5, 5.41) is 3.12. The number of aromatic nitrogens is 1. The van der Waals surface area contributed by atoms with Gasteiger partial charge in [-0.05, 0) is 36.4 Å². The molecule has 0 saturated carbocycles. The van der Waals surface area contributed by atoms with Crippen molar-refractivity contribution in [3.05, 3.63) is 65.2 Å². The van der Waals surface area contributed by atoms with E-state index in [1.54, 1.807) is 48.1 Å². The molecule has 0 aliphatic carbocycles. The lowest BCUT2D eigenvalue weighted by atomic mass is 10.4. The van der Waals surface area contributed by atoms with Crippen molar-refractivity contribution < 1.29 is 18.8 Å². The average molecular weight is 358 g/mol. The Morgan fingerprint density at radius 3 is 2.48 bits per heavy atom. The Kier molecular flexibility index (Phi) is 4.66. The maximum atomic E-state index is 12.1. The van der Waals surface area contributed by atoms with Gasteiger partial charge in [0, 0.05) is 13.2 Å². The Hall–Kier alpha value is -3.33. The molecule has 0 radical (unpaired) electrons. The second kappa shape index (κ2) is 7.05. The maximum Gasteiger partial charge on any atom is 0.291 e. The normalized spacial score (nSPS) is 10.3. The number of furan rings is 1. The summed E-state index contributed by atoms with van der Waals surface area (Å²) in [4.78, 5) is 36.2. The van der Waals surface area contributed by atoms with E-state index in [1.807, 2.05) is 0 Å². The third-order valence-corrected chi connectivity index (χ3v) is 4.28. The summed E-state index contributed by atoms with van der Waals surface area (Å²) in [6, 6.07) is 9.65. The van der Waals surface area contributed by atoms with E-state index in [-0.39, 0.29) is 5.76 Å². The summed E-state index contributed by atoms with van der Waals surface area (Å²) in [5.74, 6) is -1.14. The van der Waals surface area contributed by atoms with Gasteiger partial charge in [0.2, 0.25) is 0 Å². The standard InChI is InChI=1S/C16H14N4O4S/c1-20-8-2-4-10(20)14(21)18-19-16(23)12-6-7-13(25-12)17-15(22)11-5-3-9-24-11/h2-9H,1H3,(H,17,22)(H,18,21)(H,19,23). The van der Waals surface area contributed by atoms with E-state index in [9.17, 15) is 14.4 Å². The summed E-state index contributed by atoms with van der Waals surface area (Å²) in [6.45, 7) is 0. The number of nitrogens with one attached hydrogen (secondary N) is 3. The SMILES string of the molecule is Cn1cccc1C(=O)NNC(=O)c1ccc(NC(=O)c2ccco2)s1. The fraction of sp³-hybridized carbons (Fsp3) is 0.0625. The molecule has 0 saturated heterocycles. The number of aryl methyl sites for hydroxylation is 1. The first-order valence-corrected chi connectivity index (χ1v) is 8.03. The molecule has 128 valence electrons. The number of rotatable bonds is 4. The molecule has 8 nitrogen and oxygen atoms in total. The predicted octanol–water partition coefficient (Wildman–Crippen LogP) is 2.01. The predicted molar refractivity (Wildman–Crippen MR) is 91.3 cm³/mol. The molecular formula is C16H14N4O4S. The van der Waals surface area contributed by atoms with Crippen LogP contribution in [0.5, 0.6) is 0 Å². The first-order valence-electron chi connectivity index (χ1n) is 7.21. The van der Waals surface area contributed by atoms with Gasteiger partial charge in [-0.25, -0.2) is 0 Å². The zero-order valence-electron chi connectivity index (χ0n) is 13.1. The van der Waals surface area contributed by atoms with Gasteiger partial charge in [-0.15, -0.1) is 11.3 Å². The average Bonchev–Trinajstić information content (AvgIpc) is 3.33. The minimum Gasteiger partial charge on any atom is -0.459 e. The highest BCUT2D eigenvalue weighted by atomic mass is 32.1. The molecule has 0 aromatic carbocycles. The van der Waals surface area contributed by atoms with Gasteiger partial charge in [-0.3, -0.25) is 25.2 Å². The molecular weight excluding hydrogens is 344 g/mol. The van der Waals surface area contributed by atoms with Gasteiger partial charge >= 0.3 is 0 Å². The lowest BCUT2D eigenvalue weighted by Gasteiger charge is -2.06. The first-order chi connectivity index (χ1) is 12.0. The molecule has 3 N–H and O–H groups in total. The minimum absolute atomic E-state index is 0.175. The number of amides is 3. The molecule has 0 spiro atoms. The Labute approximate surface area is 146 Å². The quantitative estimate of drug-likeness (QED) is 0.620. The van der Waals surface area contributed by atoms with Gasteiger partial charge in [0.25, 0.3) is 17.7 Å². The second-order valence-corrected chi connectivity index (χ2v) is 6.09. The number of thiophene rings is 1. The van der Waals surface area contributed by atoms with Crippen molar-refractivity contribution in [2.45, 2.75) is 0 Å². The van der Waals surface area contributed by atoms with Crippen molar-refractivity contribution in [1.29, 1.82) is 0 Å². The van der Waals surface area contributed by atoms with Gasteiger partial charge in [0.1, 0.15) is 5.69 Å². The van der Waals surface area contributed by atoms with Gasteiger partial charge < -0.3 is 14.3 Å². The van der Waals surface area contributed by atoms with Crippen LogP contribution in [-0.4, -0.2) is 22.3 Å². The molecule has 0 bridgehead atoms. The van der Waals surface area contributed by atoms with Crippen LogP contribution in [0.4, 0.5) is 5.00 Å². The molecule has 3 rings (SSSR count). The highest BCUT2D eigenvalue weighted by molar-refractivity contribution is 7.18. The first kappa shape index (κ1) is 16.5. The van der Waals surface area contributed by atoms with E-state index >= 15 is 0 Å². The van der Waals surface area contributed by atoms with Crippen molar-refractivity contribution in [3.63, 3.8) is 0 Å². The van der Waals surface area contributed by atoms with Crippen LogP contribution < -0.4 is 16.2 Å². The van der Waals surface area contributed by atoms with Crippen LogP contribution in [0.2, 0.25) is 0 Å². The van der Waals surface area contributed by atoms with Gasteiger partial charge in [-0.2, -0.15) is 0 Å². The monoisotopic (exact) mass is 358 g/mol. The number of hydrogen-bond acceptors (Lipinski definition) is 5. The molecule has 3 aromatic heterocycles. The number of hydrazine groups is 1. The largest absolute Gasteiger partial charge is 0.459 e. The molecule has 3 heterocycles. The molecule has 0 aliphatic heterocycles. The summed E-state index contributed by atoms with van der Waals surface area (Å²) in [6.07, 6.45) is 3.13. The van der Waals surface area contributed by atoms with Crippen LogP contribution in [0, 0.1) is 0 Å². The van der Waals surface area contributed by atoms with Crippen molar-refractivity contribution in [1.82, 2.24) is 15.4 Å². The molecule has 0 fully saturated rings. The van der Waals surface area contributed by atoms with Crippen molar-refractivity contribution in [2.75, 3.05) is 5.32 Å². The fourth-order valence-corrected chi connectivity index (χ4v) is 2.84. The van der Waals surface area contributed by atoms with E-state index in [0.717, 1.165) is 11.3 Å². The Morgan fingerprint density at radius 1 is 1.00 bits per heavy atom. The van der Waals surface area contributed by atoms with Gasteiger partial charge in [0.15, 0.2) is 5.76 Å². The molecule has 0 atom stereocenters. The highest BCUT2D eigenvalue weighted by Crippen LogP contribution is 2.22. The third kappa shape index (κ3) is 3.78. The molecule has 3 aromatic rings. The van der Waals surface area contributed by atoms with Gasteiger partial charge in [0.05, 0.1) is 16.1 Å². The summed E-state index contributed by atoms with van der Waals surface area (Å²) in [5.41, 5.74) is 5.09. The molecule has 9 heteroatoms. The van der Waals surface area contributed by atoms with Crippen LogP contribution in [0.3, 0.4) is 0 Å². The van der Waals surface area contributed by atoms with Crippen LogP contribution in [-0.2, 0) is 7.05 Å². The Morgan fingerprint density at radius 2 is 1.80 bits per heavy atom. The van der Waals surface area contributed by atoms with Crippen LogP contribution in [0.15, 0.2) is 53.3 Å². The number of hydrogen-bond donors (Lipinski definition) is 3. The zero-order chi connectivity index (χ0) is 17.8. The van der Waals surface area contributed by atoms with E-state index in [2.05, 4.69) is 16.2 Å². The molecule has 3 amide bonds. The number of carbonyl (C=O) groups excluding carboxylic acids is 3. The molecule has 0 unspecified atom stereocenters. The smallest absolute Gasteiger partial charge is 0.291 e. The summed E-state index contributed by atoms with van der Waals surface area (Å²) in [7, 11) is 1.73. The molecule has 25 heavy (non-hydrogen) atoms. The van der Waals surface area contributed by atoms with E-state index in [1.165, 1.54) is 12.3 Å². The van der Waals surface area contributed by atoms with Crippen LogP contribution in [0.25, 0.3) is 0 Å². The minimum atomic E-state index is -0.481. The number of nitrogens with zero attached hydrogens (tertiary/aromatic N) is 1. The van der Waals surface area contributed by atoms with Crippen molar-refractivity contribution in [2.24, 2.45) is 7.05 Å². The van der Waals surface area contributed by atoms with Gasteiger partial charge in [-0.1, -0.05) is 0 Å². The fourth-order valence-electron chi connectivity index (χ4n) is 2.04.